The van der Waals surface area contributed by atoms with E-state index < -0.39 is 22.6 Å². The molecule has 32 heavy (non-hydrogen) atoms. The first-order valence-corrected chi connectivity index (χ1v) is 13.3. The van der Waals surface area contributed by atoms with Crippen LogP contribution in [-0.4, -0.2) is 50.3 Å². The maximum Gasteiger partial charge on any atom is 0.340 e. The molecule has 3 aliphatic rings. The monoisotopic (exact) mass is 482 g/mol. The Bertz CT molecular complexity index is 977. The lowest BCUT2D eigenvalue weighted by Gasteiger charge is -2.28. The molecule has 9 heteroatoms. The van der Waals surface area contributed by atoms with Gasteiger partial charge >= 0.3 is 5.97 Å². The van der Waals surface area contributed by atoms with Crippen LogP contribution in [0.15, 0.2) is 23.1 Å². The van der Waals surface area contributed by atoms with Crippen molar-refractivity contribution in [3.63, 3.8) is 0 Å². The molecule has 1 saturated heterocycles. The first-order valence-electron chi connectivity index (χ1n) is 11.5. The van der Waals surface area contributed by atoms with Crippen molar-refractivity contribution in [2.24, 2.45) is 17.8 Å². The van der Waals surface area contributed by atoms with Crippen molar-refractivity contribution >= 4 is 33.5 Å². The molecule has 1 N–H and O–H groups in total. The summed E-state index contributed by atoms with van der Waals surface area (Å²) >= 11 is 6.14. The molecule has 1 aromatic carbocycles. The third kappa shape index (κ3) is 4.97. The molecule has 176 valence electrons. The van der Waals surface area contributed by atoms with E-state index in [1.165, 1.54) is 41.8 Å². The van der Waals surface area contributed by atoms with Gasteiger partial charge in [0.15, 0.2) is 6.61 Å². The molecule has 2 bridgehead atoms. The molecule has 1 aliphatic heterocycles. The number of fused-ring (bicyclic) bond motifs is 2. The van der Waals surface area contributed by atoms with Crippen molar-refractivity contribution in [3.05, 3.63) is 28.8 Å². The van der Waals surface area contributed by atoms with Gasteiger partial charge in [0.25, 0.3) is 5.91 Å². The van der Waals surface area contributed by atoms with Crippen LogP contribution in [0.1, 0.15) is 62.2 Å². The normalized spacial score (nSPS) is 26.6. The molecule has 7 nitrogen and oxygen atoms in total. The Hall–Kier alpha value is -1.64. The summed E-state index contributed by atoms with van der Waals surface area (Å²) in [6.07, 6.45) is 7.59. The maximum absolute atomic E-state index is 12.9. The third-order valence-electron chi connectivity index (χ3n) is 7.27. The van der Waals surface area contributed by atoms with Gasteiger partial charge in [-0.3, -0.25) is 4.79 Å². The number of nitrogens with zero attached hydrogens (tertiary/aromatic N) is 1. The first-order chi connectivity index (χ1) is 15.3. The molecule has 1 aromatic rings. The molecule has 0 spiro atoms. The van der Waals surface area contributed by atoms with E-state index in [-0.39, 0.29) is 27.4 Å². The zero-order chi connectivity index (χ0) is 22.9. The van der Waals surface area contributed by atoms with E-state index in [0.29, 0.717) is 24.9 Å². The quantitative estimate of drug-likeness (QED) is 0.599. The number of benzene rings is 1. The number of sulfonamides is 1. The van der Waals surface area contributed by atoms with Crippen molar-refractivity contribution in [2.75, 3.05) is 19.7 Å². The average molecular weight is 483 g/mol. The highest BCUT2D eigenvalue weighted by atomic mass is 35.5. The highest BCUT2D eigenvalue weighted by Gasteiger charge is 2.42. The Kier molecular flexibility index (Phi) is 7.12. The van der Waals surface area contributed by atoms with Crippen molar-refractivity contribution in [1.82, 2.24) is 9.62 Å². The molecule has 3 fully saturated rings. The molecular formula is C23H31ClN2O5S. The van der Waals surface area contributed by atoms with Crippen molar-refractivity contribution in [3.8, 4) is 0 Å². The Labute approximate surface area is 194 Å². The van der Waals surface area contributed by atoms with Crippen LogP contribution in [0.2, 0.25) is 5.02 Å². The predicted octanol–water partition coefficient (Wildman–Crippen LogP) is 3.61. The van der Waals surface area contributed by atoms with Crippen LogP contribution in [0.25, 0.3) is 0 Å². The molecular weight excluding hydrogens is 452 g/mol. The van der Waals surface area contributed by atoms with Gasteiger partial charge < -0.3 is 10.1 Å². The van der Waals surface area contributed by atoms with E-state index in [1.807, 2.05) is 6.92 Å². The molecule has 0 unspecified atom stereocenters. The van der Waals surface area contributed by atoms with Gasteiger partial charge in [0.05, 0.1) is 15.5 Å². The number of hydrogen-bond donors (Lipinski definition) is 1. The number of carbonyl (C=O) groups excluding carboxylic acids is 2. The molecule has 2 aliphatic carbocycles. The fourth-order valence-electron chi connectivity index (χ4n) is 5.59. The van der Waals surface area contributed by atoms with E-state index >= 15 is 0 Å². The topological polar surface area (TPSA) is 92.8 Å². The zero-order valence-corrected chi connectivity index (χ0v) is 20.0. The second-order valence-electron chi connectivity index (χ2n) is 9.38. The lowest BCUT2D eigenvalue weighted by Crippen LogP contribution is -2.42. The highest BCUT2D eigenvalue weighted by Crippen LogP contribution is 2.49. The number of rotatable bonds is 7. The molecule has 1 amide bonds. The molecule has 4 atom stereocenters. The summed E-state index contributed by atoms with van der Waals surface area (Å²) in [5.41, 5.74) is -0.0568. The van der Waals surface area contributed by atoms with Crippen LogP contribution in [0.5, 0.6) is 0 Å². The van der Waals surface area contributed by atoms with Crippen molar-refractivity contribution < 1.29 is 22.7 Å². The number of ether oxygens (including phenoxy) is 1. The maximum atomic E-state index is 12.9. The van der Waals surface area contributed by atoms with Gasteiger partial charge in [-0.2, -0.15) is 4.31 Å². The molecule has 2 saturated carbocycles. The van der Waals surface area contributed by atoms with Gasteiger partial charge in [-0.1, -0.05) is 24.4 Å². The standard InChI is InChI=1S/C23H31ClN2O5S/c1-15(19-12-16-5-6-17(19)11-16)25-22(27)14-31-23(28)20-13-18(7-8-21(20)24)32(29,30)26-9-3-2-4-10-26/h7-8,13,15-17,19H,2-6,9-12,14H2,1H3,(H,25,27)/t15-,16+,17+,19-/m1/s1. The van der Waals surface area contributed by atoms with Crippen LogP contribution in [0.3, 0.4) is 0 Å². The van der Waals surface area contributed by atoms with E-state index in [9.17, 15) is 18.0 Å². The summed E-state index contributed by atoms with van der Waals surface area (Å²) in [5, 5.41) is 3.04. The minimum absolute atomic E-state index is 0.00473. The second kappa shape index (κ2) is 9.69. The molecule has 1 heterocycles. The van der Waals surface area contributed by atoms with Gasteiger partial charge in [-0.05, 0) is 75.0 Å². The van der Waals surface area contributed by atoms with Crippen LogP contribution < -0.4 is 5.32 Å². The summed E-state index contributed by atoms with van der Waals surface area (Å²) in [7, 11) is -3.71. The predicted molar refractivity (Wildman–Crippen MR) is 121 cm³/mol. The third-order valence-corrected chi connectivity index (χ3v) is 9.49. The summed E-state index contributed by atoms with van der Waals surface area (Å²) in [5.74, 6) is 0.786. The lowest BCUT2D eigenvalue weighted by molar-refractivity contribution is -0.125. The zero-order valence-electron chi connectivity index (χ0n) is 18.4. The van der Waals surface area contributed by atoms with Gasteiger partial charge in [0, 0.05) is 19.1 Å². The molecule has 0 aromatic heterocycles. The number of nitrogens with one attached hydrogen (secondary N) is 1. The first kappa shape index (κ1) is 23.5. The number of hydrogen-bond acceptors (Lipinski definition) is 5. The fraction of sp³-hybridized carbons (Fsp3) is 0.652. The largest absolute Gasteiger partial charge is 0.452 e. The Morgan fingerprint density at radius 2 is 1.94 bits per heavy atom. The Balaban J connectivity index is 1.35. The number of halogens is 1. The second-order valence-corrected chi connectivity index (χ2v) is 11.7. The Morgan fingerprint density at radius 1 is 1.19 bits per heavy atom. The van der Waals surface area contributed by atoms with E-state index in [2.05, 4.69) is 5.32 Å². The number of piperidine rings is 1. The van der Waals surface area contributed by atoms with Gasteiger partial charge in [0.2, 0.25) is 10.0 Å². The van der Waals surface area contributed by atoms with E-state index in [4.69, 9.17) is 16.3 Å². The fourth-order valence-corrected chi connectivity index (χ4v) is 7.33. The highest BCUT2D eigenvalue weighted by molar-refractivity contribution is 7.89. The van der Waals surface area contributed by atoms with Crippen molar-refractivity contribution in [1.29, 1.82) is 0 Å². The smallest absolute Gasteiger partial charge is 0.340 e. The minimum Gasteiger partial charge on any atom is -0.452 e. The van der Waals surface area contributed by atoms with E-state index in [1.54, 1.807) is 0 Å². The summed E-state index contributed by atoms with van der Waals surface area (Å²) in [6, 6.07) is 4.06. The van der Waals surface area contributed by atoms with Gasteiger partial charge in [0.1, 0.15) is 0 Å². The lowest BCUT2D eigenvalue weighted by atomic mass is 9.84. The number of amides is 1. The van der Waals surface area contributed by atoms with E-state index in [0.717, 1.165) is 31.6 Å². The summed E-state index contributed by atoms with van der Waals surface area (Å²) in [6.45, 7) is 2.51. The SMILES string of the molecule is C[C@@H](NC(=O)COC(=O)c1cc(S(=O)(=O)N2CCCCC2)ccc1Cl)[C@H]1C[C@H]2CC[C@H]1C2. The van der Waals surface area contributed by atoms with Crippen LogP contribution in [-0.2, 0) is 19.6 Å². The Morgan fingerprint density at radius 3 is 2.59 bits per heavy atom. The minimum atomic E-state index is -3.71. The van der Waals surface area contributed by atoms with Gasteiger partial charge in [-0.15, -0.1) is 0 Å². The van der Waals surface area contributed by atoms with Crippen LogP contribution in [0, 0.1) is 17.8 Å². The molecule has 4 rings (SSSR count). The number of esters is 1. The molecule has 0 radical (unpaired) electrons. The number of carbonyl (C=O) groups is 2. The summed E-state index contributed by atoms with van der Waals surface area (Å²) in [4.78, 5) is 24.9. The van der Waals surface area contributed by atoms with Crippen LogP contribution in [0.4, 0.5) is 0 Å². The average Bonchev–Trinajstić information content (AvgIpc) is 3.42. The van der Waals surface area contributed by atoms with Gasteiger partial charge in [-0.25, -0.2) is 13.2 Å². The van der Waals surface area contributed by atoms with Crippen LogP contribution >= 0.6 is 11.6 Å². The van der Waals surface area contributed by atoms with Crippen molar-refractivity contribution in [2.45, 2.75) is 62.8 Å². The summed E-state index contributed by atoms with van der Waals surface area (Å²) < 4.78 is 32.4.